The molecule has 1 nitrogen and oxygen atoms in total. The maximum absolute atomic E-state index is 11.7. The Kier molecular flexibility index (Phi) is 5.80. The van der Waals surface area contributed by atoms with Crippen LogP contribution in [0.4, 0.5) is 13.2 Å². The van der Waals surface area contributed by atoms with E-state index >= 15 is 0 Å². The van der Waals surface area contributed by atoms with Crippen LogP contribution in [0.15, 0.2) is 0 Å². The molecular formula is C8H16F3NS. The van der Waals surface area contributed by atoms with Gasteiger partial charge in [0.2, 0.25) is 0 Å². The number of hydrogen-bond acceptors (Lipinski definition) is 2. The molecule has 0 saturated heterocycles. The molecule has 0 aromatic rings. The quantitative estimate of drug-likeness (QED) is 0.763. The van der Waals surface area contributed by atoms with Gasteiger partial charge in [-0.2, -0.15) is 13.2 Å². The van der Waals surface area contributed by atoms with Crippen molar-refractivity contribution in [3.63, 3.8) is 0 Å². The molecule has 0 spiro atoms. The van der Waals surface area contributed by atoms with Crippen LogP contribution in [0.3, 0.4) is 0 Å². The zero-order chi connectivity index (χ0) is 10.5. The highest BCUT2D eigenvalue weighted by Gasteiger charge is 2.28. The lowest BCUT2D eigenvalue weighted by molar-refractivity contribution is -0.0328. The molecule has 0 aromatic heterocycles. The van der Waals surface area contributed by atoms with Gasteiger partial charge in [0.1, 0.15) is 0 Å². The molecule has 80 valence electrons. The smallest absolute Gasteiger partial charge is 0.328 e. The summed E-state index contributed by atoms with van der Waals surface area (Å²) in [6, 6.07) is -0.0150. The minimum atomic E-state index is -4.10. The third-order valence-electron chi connectivity index (χ3n) is 2.02. The lowest BCUT2D eigenvalue weighted by Gasteiger charge is -2.18. The van der Waals surface area contributed by atoms with Gasteiger partial charge in [0.05, 0.1) is 0 Å². The van der Waals surface area contributed by atoms with Crippen molar-refractivity contribution in [3.05, 3.63) is 0 Å². The second-order valence-corrected chi connectivity index (χ2v) is 4.27. The summed E-state index contributed by atoms with van der Waals surface area (Å²) in [6.07, 6.45) is 1.38. The highest BCUT2D eigenvalue weighted by Crippen LogP contribution is 2.31. The van der Waals surface area contributed by atoms with Gasteiger partial charge in [-0.3, -0.25) is 0 Å². The second kappa shape index (κ2) is 5.75. The first kappa shape index (κ1) is 13.1. The van der Waals surface area contributed by atoms with Gasteiger partial charge in [-0.1, -0.05) is 25.1 Å². The molecule has 0 radical (unpaired) electrons. The first-order chi connectivity index (χ1) is 5.87. The highest BCUT2D eigenvalue weighted by molar-refractivity contribution is 8.00. The van der Waals surface area contributed by atoms with Crippen molar-refractivity contribution in [3.8, 4) is 0 Å². The minimum absolute atomic E-state index is 0.0150. The topological polar surface area (TPSA) is 26.0 Å². The maximum atomic E-state index is 11.7. The molecule has 0 aliphatic heterocycles. The summed E-state index contributed by atoms with van der Waals surface area (Å²) in [5.74, 6) is 0.318. The molecule has 0 rings (SSSR count). The first-order valence-corrected chi connectivity index (χ1v) is 5.31. The lowest BCUT2D eigenvalue weighted by Crippen LogP contribution is -2.26. The average Bonchev–Trinajstić information content (AvgIpc) is 1.95. The van der Waals surface area contributed by atoms with Crippen molar-refractivity contribution in [2.45, 2.75) is 38.2 Å². The number of thioether (sulfide) groups is 1. The van der Waals surface area contributed by atoms with E-state index in [0.717, 1.165) is 6.42 Å². The summed E-state index contributed by atoms with van der Waals surface area (Å²) in [4.78, 5) is 0. The Hall–Kier alpha value is 0.1000. The monoisotopic (exact) mass is 215 g/mol. The number of hydrogen-bond donors (Lipinski definition) is 1. The van der Waals surface area contributed by atoms with Crippen LogP contribution < -0.4 is 5.73 Å². The zero-order valence-corrected chi connectivity index (χ0v) is 8.71. The van der Waals surface area contributed by atoms with Crippen molar-refractivity contribution in [2.24, 2.45) is 11.7 Å². The van der Waals surface area contributed by atoms with Crippen molar-refractivity contribution in [1.29, 1.82) is 0 Å². The molecule has 2 N–H and O–H groups in total. The number of alkyl halides is 3. The Balaban J connectivity index is 3.62. The molecule has 13 heavy (non-hydrogen) atoms. The van der Waals surface area contributed by atoms with E-state index in [-0.39, 0.29) is 29.5 Å². The van der Waals surface area contributed by atoms with Crippen LogP contribution in [0.5, 0.6) is 0 Å². The van der Waals surface area contributed by atoms with Gasteiger partial charge >= 0.3 is 5.51 Å². The number of halogens is 3. The van der Waals surface area contributed by atoms with Crippen molar-refractivity contribution in [1.82, 2.24) is 0 Å². The predicted molar refractivity (Wildman–Crippen MR) is 50.6 cm³/mol. The van der Waals surface area contributed by atoms with E-state index in [1.54, 1.807) is 0 Å². The molecule has 0 saturated carbocycles. The average molecular weight is 215 g/mol. The van der Waals surface area contributed by atoms with E-state index in [1.807, 2.05) is 13.8 Å². The summed E-state index contributed by atoms with van der Waals surface area (Å²) >= 11 is 0.0391. The fraction of sp³-hybridized carbons (Fsp3) is 1.00. The van der Waals surface area contributed by atoms with Crippen LogP contribution in [-0.2, 0) is 0 Å². The molecule has 0 fully saturated rings. The van der Waals surface area contributed by atoms with Gasteiger partial charge in [0.25, 0.3) is 0 Å². The van der Waals surface area contributed by atoms with E-state index in [9.17, 15) is 13.2 Å². The molecule has 2 unspecified atom stereocenters. The van der Waals surface area contributed by atoms with Crippen LogP contribution >= 0.6 is 11.8 Å². The maximum Gasteiger partial charge on any atom is 0.441 e. The molecule has 0 aliphatic rings. The van der Waals surface area contributed by atoms with E-state index in [0.29, 0.717) is 6.42 Å². The normalized spacial score (nSPS) is 17.1. The largest absolute Gasteiger partial charge is 0.441 e. The summed E-state index contributed by atoms with van der Waals surface area (Å²) < 4.78 is 35.2. The van der Waals surface area contributed by atoms with Gasteiger partial charge in [-0.25, -0.2) is 0 Å². The highest BCUT2D eigenvalue weighted by atomic mass is 32.2. The zero-order valence-electron chi connectivity index (χ0n) is 7.90. The summed E-state index contributed by atoms with van der Waals surface area (Å²) in [5.41, 5.74) is 1.51. The predicted octanol–water partition coefficient (Wildman–Crippen LogP) is 3.00. The van der Waals surface area contributed by atoms with Crippen LogP contribution in [0.1, 0.15) is 26.7 Å². The Morgan fingerprint density at radius 3 is 2.23 bits per heavy atom. The molecule has 0 amide bonds. The lowest BCUT2D eigenvalue weighted by atomic mass is 9.96. The summed E-state index contributed by atoms with van der Waals surface area (Å²) in [6.45, 7) is 3.79. The van der Waals surface area contributed by atoms with Crippen LogP contribution in [0, 0.1) is 5.92 Å². The van der Waals surface area contributed by atoms with E-state index < -0.39 is 5.51 Å². The number of nitrogens with two attached hydrogens (primary N) is 1. The molecule has 0 aromatic carbocycles. The van der Waals surface area contributed by atoms with E-state index in [4.69, 9.17) is 5.73 Å². The Morgan fingerprint density at radius 1 is 1.38 bits per heavy atom. The van der Waals surface area contributed by atoms with Crippen LogP contribution in [0.2, 0.25) is 0 Å². The molecule has 2 atom stereocenters. The van der Waals surface area contributed by atoms with Crippen molar-refractivity contribution < 1.29 is 13.2 Å². The third-order valence-corrected chi connectivity index (χ3v) is 2.79. The van der Waals surface area contributed by atoms with E-state index in [1.165, 1.54) is 0 Å². The van der Waals surface area contributed by atoms with Crippen LogP contribution in [-0.4, -0.2) is 17.3 Å². The minimum Gasteiger partial charge on any atom is -0.328 e. The second-order valence-electron chi connectivity index (χ2n) is 3.11. The Morgan fingerprint density at radius 2 is 1.92 bits per heavy atom. The van der Waals surface area contributed by atoms with E-state index in [2.05, 4.69) is 0 Å². The Labute approximate surface area is 81.3 Å². The van der Waals surface area contributed by atoms with Gasteiger partial charge in [-0.15, -0.1) is 0 Å². The molecular weight excluding hydrogens is 199 g/mol. The van der Waals surface area contributed by atoms with Gasteiger partial charge in [0, 0.05) is 11.8 Å². The summed E-state index contributed by atoms with van der Waals surface area (Å²) in [5, 5.41) is 0. The third kappa shape index (κ3) is 7.19. The number of rotatable bonds is 5. The molecule has 0 bridgehead atoms. The standard InChI is InChI=1S/C8H16F3NS/c1-3-7(6(2)12)4-5-13-8(9,10)11/h6-7H,3-5,12H2,1-2H3. The first-order valence-electron chi connectivity index (χ1n) is 4.33. The van der Waals surface area contributed by atoms with Crippen LogP contribution in [0.25, 0.3) is 0 Å². The van der Waals surface area contributed by atoms with Gasteiger partial charge in [0.15, 0.2) is 0 Å². The summed E-state index contributed by atoms with van der Waals surface area (Å²) in [7, 11) is 0. The van der Waals surface area contributed by atoms with Crippen molar-refractivity contribution in [2.75, 3.05) is 5.75 Å². The van der Waals surface area contributed by atoms with Crippen molar-refractivity contribution >= 4 is 11.8 Å². The SMILES string of the molecule is CCC(CCSC(F)(F)F)C(C)N. The molecule has 5 heteroatoms. The Bertz CT molecular complexity index is 136. The molecule has 0 heterocycles. The fourth-order valence-corrected chi connectivity index (χ4v) is 1.82. The van der Waals surface area contributed by atoms with Gasteiger partial charge < -0.3 is 5.73 Å². The van der Waals surface area contributed by atoms with Gasteiger partial charge in [-0.05, 0) is 19.3 Å². The fourth-order valence-electron chi connectivity index (χ4n) is 1.16. The molecule has 0 aliphatic carbocycles.